The SMILES string of the molecule is CC(CN)(NC(=O)CNC(=O)c1ccccc1C(F)(F)F)C1CC1. The number of rotatable bonds is 6. The number of carbonyl (C=O) groups excluding carboxylic acids is 2. The molecule has 1 aromatic rings. The molecule has 132 valence electrons. The molecule has 0 aliphatic heterocycles. The maximum Gasteiger partial charge on any atom is 0.417 e. The molecular formula is C16H20F3N3O2. The number of amides is 2. The van der Waals surface area contributed by atoms with Gasteiger partial charge in [-0.2, -0.15) is 13.2 Å². The first kappa shape index (κ1) is 18.3. The standard InChI is InChI=1S/C16H20F3N3O2/c1-15(9-20,10-6-7-10)22-13(23)8-21-14(24)11-4-2-3-5-12(11)16(17,18)19/h2-5,10H,6-9,20H2,1H3,(H,21,24)(H,22,23). The van der Waals surface area contributed by atoms with Gasteiger partial charge in [0, 0.05) is 6.54 Å². The predicted molar refractivity (Wildman–Crippen MR) is 82.1 cm³/mol. The zero-order valence-corrected chi connectivity index (χ0v) is 13.2. The van der Waals surface area contributed by atoms with E-state index in [1.807, 2.05) is 6.92 Å². The Morgan fingerprint density at radius 2 is 1.88 bits per heavy atom. The summed E-state index contributed by atoms with van der Waals surface area (Å²) >= 11 is 0. The third-order valence-corrected chi connectivity index (χ3v) is 4.21. The van der Waals surface area contributed by atoms with Gasteiger partial charge < -0.3 is 16.4 Å². The minimum Gasteiger partial charge on any atom is -0.348 e. The number of hydrogen-bond donors (Lipinski definition) is 3. The molecule has 1 atom stereocenters. The molecule has 0 bridgehead atoms. The first-order valence-electron chi connectivity index (χ1n) is 7.63. The minimum absolute atomic E-state index is 0.258. The van der Waals surface area contributed by atoms with Crippen molar-refractivity contribution in [3.8, 4) is 0 Å². The highest BCUT2D eigenvalue weighted by molar-refractivity contribution is 5.97. The van der Waals surface area contributed by atoms with Crippen LogP contribution in [0.15, 0.2) is 24.3 Å². The van der Waals surface area contributed by atoms with E-state index in [1.165, 1.54) is 12.1 Å². The third kappa shape index (κ3) is 4.25. The summed E-state index contributed by atoms with van der Waals surface area (Å²) in [6.07, 6.45) is -2.70. The van der Waals surface area contributed by atoms with Crippen LogP contribution < -0.4 is 16.4 Å². The molecule has 4 N–H and O–H groups in total. The lowest BCUT2D eigenvalue weighted by molar-refractivity contribution is -0.137. The number of nitrogens with one attached hydrogen (secondary N) is 2. The summed E-state index contributed by atoms with van der Waals surface area (Å²) < 4.78 is 38.7. The van der Waals surface area contributed by atoms with Gasteiger partial charge in [0.15, 0.2) is 0 Å². The Labute approximate surface area is 137 Å². The summed E-state index contributed by atoms with van der Waals surface area (Å²) in [4.78, 5) is 23.9. The van der Waals surface area contributed by atoms with Crippen molar-refractivity contribution < 1.29 is 22.8 Å². The Morgan fingerprint density at radius 1 is 1.25 bits per heavy atom. The van der Waals surface area contributed by atoms with Crippen LogP contribution in [0, 0.1) is 5.92 Å². The van der Waals surface area contributed by atoms with Crippen molar-refractivity contribution in [3.05, 3.63) is 35.4 Å². The van der Waals surface area contributed by atoms with Crippen molar-refractivity contribution in [3.63, 3.8) is 0 Å². The maximum absolute atomic E-state index is 12.9. The monoisotopic (exact) mass is 343 g/mol. The Hall–Kier alpha value is -2.09. The molecule has 8 heteroatoms. The molecule has 1 aliphatic rings. The minimum atomic E-state index is -4.64. The average Bonchev–Trinajstić information content (AvgIpc) is 3.37. The molecule has 1 fully saturated rings. The summed E-state index contributed by atoms with van der Waals surface area (Å²) in [6.45, 7) is 1.67. The number of nitrogens with two attached hydrogens (primary N) is 1. The van der Waals surface area contributed by atoms with E-state index >= 15 is 0 Å². The van der Waals surface area contributed by atoms with Gasteiger partial charge in [-0.25, -0.2) is 0 Å². The fraction of sp³-hybridized carbons (Fsp3) is 0.500. The van der Waals surface area contributed by atoms with Gasteiger partial charge >= 0.3 is 6.18 Å². The zero-order chi connectivity index (χ0) is 18.0. The third-order valence-electron chi connectivity index (χ3n) is 4.21. The van der Waals surface area contributed by atoms with Gasteiger partial charge in [0.25, 0.3) is 5.91 Å². The van der Waals surface area contributed by atoms with E-state index in [9.17, 15) is 22.8 Å². The number of hydrogen-bond acceptors (Lipinski definition) is 3. The normalized spacial score (nSPS) is 17.0. The Kier molecular flexibility index (Phi) is 5.17. The average molecular weight is 343 g/mol. The second-order valence-electron chi connectivity index (χ2n) is 6.17. The van der Waals surface area contributed by atoms with Gasteiger partial charge in [-0.15, -0.1) is 0 Å². The lowest BCUT2D eigenvalue weighted by Gasteiger charge is -2.29. The van der Waals surface area contributed by atoms with Gasteiger partial charge in [0.2, 0.25) is 5.91 Å². The fourth-order valence-corrected chi connectivity index (χ4v) is 2.59. The summed E-state index contributed by atoms with van der Waals surface area (Å²) in [7, 11) is 0. The number of benzene rings is 1. The lowest BCUT2D eigenvalue weighted by atomic mass is 9.96. The quantitative estimate of drug-likeness (QED) is 0.735. The van der Waals surface area contributed by atoms with Gasteiger partial charge in [-0.05, 0) is 37.8 Å². The van der Waals surface area contributed by atoms with E-state index in [4.69, 9.17) is 5.73 Å². The summed E-state index contributed by atoms with van der Waals surface area (Å²) in [6, 6.07) is 4.44. The van der Waals surface area contributed by atoms with E-state index in [0.717, 1.165) is 25.0 Å². The van der Waals surface area contributed by atoms with Crippen molar-refractivity contribution >= 4 is 11.8 Å². The van der Waals surface area contributed by atoms with Gasteiger partial charge in [-0.1, -0.05) is 12.1 Å². The predicted octanol–water partition coefficient (Wildman–Crippen LogP) is 1.68. The molecule has 0 aromatic heterocycles. The van der Waals surface area contributed by atoms with E-state index in [1.54, 1.807) is 0 Å². The maximum atomic E-state index is 12.9. The lowest BCUT2D eigenvalue weighted by Crippen LogP contribution is -2.55. The van der Waals surface area contributed by atoms with Crippen LogP contribution in [0.5, 0.6) is 0 Å². The highest BCUT2D eigenvalue weighted by Crippen LogP contribution is 2.38. The molecule has 0 spiro atoms. The van der Waals surface area contributed by atoms with Gasteiger partial charge in [0.05, 0.1) is 23.2 Å². The molecule has 0 radical (unpaired) electrons. The summed E-state index contributed by atoms with van der Waals surface area (Å²) in [5, 5.41) is 4.98. The number of carbonyl (C=O) groups is 2. The second-order valence-corrected chi connectivity index (χ2v) is 6.17. The Balaban J connectivity index is 1.97. The molecule has 5 nitrogen and oxygen atoms in total. The summed E-state index contributed by atoms with van der Waals surface area (Å²) in [5.74, 6) is -1.13. The first-order chi connectivity index (χ1) is 11.2. The highest BCUT2D eigenvalue weighted by atomic mass is 19.4. The second kappa shape index (κ2) is 6.80. The topological polar surface area (TPSA) is 84.2 Å². The summed E-state index contributed by atoms with van der Waals surface area (Å²) in [5.41, 5.74) is 3.59. The number of alkyl halides is 3. The molecule has 2 amide bonds. The molecule has 1 aromatic carbocycles. The van der Waals surface area contributed by atoms with E-state index in [-0.39, 0.29) is 6.54 Å². The van der Waals surface area contributed by atoms with Crippen molar-refractivity contribution in [1.82, 2.24) is 10.6 Å². The molecule has 0 saturated heterocycles. The van der Waals surface area contributed by atoms with Crippen LogP contribution in [0.2, 0.25) is 0 Å². The molecular weight excluding hydrogens is 323 g/mol. The van der Waals surface area contributed by atoms with E-state index < -0.39 is 41.2 Å². The Bertz CT molecular complexity index is 629. The van der Waals surface area contributed by atoms with Crippen LogP contribution in [0.25, 0.3) is 0 Å². The molecule has 24 heavy (non-hydrogen) atoms. The largest absolute Gasteiger partial charge is 0.417 e. The van der Waals surface area contributed by atoms with Gasteiger partial charge in [-0.3, -0.25) is 9.59 Å². The molecule has 0 heterocycles. The Morgan fingerprint density at radius 3 is 2.42 bits per heavy atom. The molecule has 1 saturated carbocycles. The molecule has 2 rings (SSSR count). The smallest absolute Gasteiger partial charge is 0.348 e. The van der Waals surface area contributed by atoms with Gasteiger partial charge in [0.1, 0.15) is 0 Å². The van der Waals surface area contributed by atoms with Crippen LogP contribution in [-0.2, 0) is 11.0 Å². The van der Waals surface area contributed by atoms with E-state index in [0.29, 0.717) is 5.92 Å². The van der Waals surface area contributed by atoms with Crippen LogP contribution in [0.1, 0.15) is 35.7 Å². The van der Waals surface area contributed by atoms with Crippen LogP contribution in [0.3, 0.4) is 0 Å². The van der Waals surface area contributed by atoms with Crippen LogP contribution in [0.4, 0.5) is 13.2 Å². The zero-order valence-electron chi connectivity index (χ0n) is 13.2. The van der Waals surface area contributed by atoms with E-state index in [2.05, 4.69) is 10.6 Å². The van der Waals surface area contributed by atoms with Crippen molar-refractivity contribution in [2.45, 2.75) is 31.5 Å². The van der Waals surface area contributed by atoms with Crippen LogP contribution in [-0.4, -0.2) is 30.4 Å². The number of halogens is 3. The first-order valence-corrected chi connectivity index (χ1v) is 7.63. The van der Waals surface area contributed by atoms with Crippen molar-refractivity contribution in [1.29, 1.82) is 0 Å². The molecule has 1 aliphatic carbocycles. The fourth-order valence-electron chi connectivity index (χ4n) is 2.59. The van der Waals surface area contributed by atoms with Crippen molar-refractivity contribution in [2.75, 3.05) is 13.1 Å². The van der Waals surface area contributed by atoms with Crippen LogP contribution >= 0.6 is 0 Å². The molecule has 1 unspecified atom stereocenters. The van der Waals surface area contributed by atoms with Crippen molar-refractivity contribution in [2.24, 2.45) is 11.7 Å². The highest BCUT2D eigenvalue weighted by Gasteiger charge is 2.41.